The van der Waals surface area contributed by atoms with E-state index in [0.717, 1.165) is 0 Å². The van der Waals surface area contributed by atoms with Crippen LogP contribution in [0, 0.1) is 0 Å². The van der Waals surface area contributed by atoms with Gasteiger partial charge in [0.15, 0.2) is 5.78 Å². The number of hydrogen-bond donors (Lipinski definition) is 2. The molecule has 0 radical (unpaired) electrons. The summed E-state index contributed by atoms with van der Waals surface area (Å²) in [7, 11) is -2.32. The standard InChI is InChI=1S/C21H20N2O5S/c1-28-19-6-4-5-16(14-24)21(19)18(25)13-15-8-10-17(11-9-15)29(26,27)23-20-7-2-3-12-22-20/h2-12,24H,13-14H2,1H3,(H,22,23). The van der Waals surface area contributed by atoms with Crippen LogP contribution in [0.5, 0.6) is 5.75 Å². The van der Waals surface area contributed by atoms with E-state index in [0.29, 0.717) is 22.4 Å². The fourth-order valence-electron chi connectivity index (χ4n) is 2.87. The summed E-state index contributed by atoms with van der Waals surface area (Å²) in [6, 6.07) is 16.0. The third-order valence-electron chi connectivity index (χ3n) is 4.28. The van der Waals surface area contributed by atoms with Gasteiger partial charge in [0.25, 0.3) is 10.0 Å². The average molecular weight is 412 g/mol. The molecule has 0 fully saturated rings. The van der Waals surface area contributed by atoms with Crippen molar-refractivity contribution >= 4 is 21.6 Å². The maximum Gasteiger partial charge on any atom is 0.263 e. The lowest BCUT2D eigenvalue weighted by atomic mass is 9.98. The number of benzene rings is 2. The molecule has 0 spiro atoms. The number of aromatic nitrogens is 1. The molecular formula is C21H20N2O5S. The van der Waals surface area contributed by atoms with Crippen LogP contribution in [0.3, 0.4) is 0 Å². The van der Waals surface area contributed by atoms with Crippen LogP contribution in [0.2, 0.25) is 0 Å². The third kappa shape index (κ3) is 4.79. The van der Waals surface area contributed by atoms with E-state index in [-0.39, 0.29) is 29.5 Å². The minimum absolute atomic E-state index is 0.0430. The van der Waals surface area contributed by atoms with Crippen molar-refractivity contribution in [1.82, 2.24) is 4.98 Å². The van der Waals surface area contributed by atoms with Crippen LogP contribution in [0.4, 0.5) is 5.82 Å². The monoisotopic (exact) mass is 412 g/mol. The third-order valence-corrected chi connectivity index (χ3v) is 5.65. The normalized spacial score (nSPS) is 11.1. The number of nitrogens with one attached hydrogen (secondary N) is 1. The molecule has 1 aromatic heterocycles. The van der Waals surface area contributed by atoms with E-state index in [2.05, 4.69) is 9.71 Å². The molecule has 2 N–H and O–H groups in total. The Morgan fingerprint density at radius 2 is 1.83 bits per heavy atom. The largest absolute Gasteiger partial charge is 0.496 e. The van der Waals surface area contributed by atoms with Crippen molar-refractivity contribution in [3.63, 3.8) is 0 Å². The summed E-state index contributed by atoms with van der Waals surface area (Å²) in [6.45, 7) is -0.283. The van der Waals surface area contributed by atoms with E-state index in [1.807, 2.05) is 0 Å². The molecule has 150 valence electrons. The highest BCUT2D eigenvalue weighted by molar-refractivity contribution is 7.92. The number of carbonyl (C=O) groups is 1. The number of ketones is 1. The first-order valence-corrected chi connectivity index (χ1v) is 10.3. The maximum atomic E-state index is 12.8. The van der Waals surface area contributed by atoms with E-state index in [1.54, 1.807) is 48.5 Å². The van der Waals surface area contributed by atoms with Gasteiger partial charge in [-0.1, -0.05) is 30.3 Å². The predicted octanol–water partition coefficient (Wildman–Crippen LogP) is 2.81. The van der Waals surface area contributed by atoms with E-state index in [1.165, 1.54) is 25.4 Å². The molecule has 1 heterocycles. The zero-order valence-electron chi connectivity index (χ0n) is 15.7. The summed E-state index contributed by atoms with van der Waals surface area (Å²) in [6.07, 6.45) is 1.53. The Kier molecular flexibility index (Phi) is 6.26. The Balaban J connectivity index is 1.78. The summed E-state index contributed by atoms with van der Waals surface area (Å²) >= 11 is 0. The van der Waals surface area contributed by atoms with Gasteiger partial charge < -0.3 is 9.84 Å². The van der Waals surface area contributed by atoms with Gasteiger partial charge in [-0.3, -0.25) is 9.52 Å². The molecule has 8 heteroatoms. The molecule has 0 atom stereocenters. The highest BCUT2D eigenvalue weighted by atomic mass is 32.2. The molecule has 2 aromatic carbocycles. The second-order valence-electron chi connectivity index (χ2n) is 6.22. The quantitative estimate of drug-likeness (QED) is 0.551. The van der Waals surface area contributed by atoms with Gasteiger partial charge in [0, 0.05) is 12.6 Å². The summed E-state index contributed by atoms with van der Waals surface area (Å²) in [5.74, 6) is 0.383. The molecule has 0 aliphatic carbocycles. The summed E-state index contributed by atoms with van der Waals surface area (Å²) < 4.78 is 32.6. The van der Waals surface area contributed by atoms with Crippen molar-refractivity contribution < 1.29 is 23.1 Å². The topological polar surface area (TPSA) is 106 Å². The van der Waals surface area contributed by atoms with E-state index < -0.39 is 10.0 Å². The Hall–Kier alpha value is -3.23. The van der Waals surface area contributed by atoms with Crippen LogP contribution in [0.15, 0.2) is 71.8 Å². The number of pyridine rings is 1. The van der Waals surface area contributed by atoms with Gasteiger partial charge in [0.2, 0.25) is 0 Å². The fraction of sp³-hybridized carbons (Fsp3) is 0.143. The van der Waals surface area contributed by atoms with Crippen LogP contribution in [-0.2, 0) is 23.1 Å². The molecule has 3 aromatic rings. The van der Waals surface area contributed by atoms with Crippen molar-refractivity contribution in [2.45, 2.75) is 17.9 Å². The van der Waals surface area contributed by atoms with Crippen LogP contribution in [0.1, 0.15) is 21.5 Å². The van der Waals surface area contributed by atoms with Gasteiger partial charge in [-0.2, -0.15) is 0 Å². The number of rotatable bonds is 8. The summed E-state index contributed by atoms with van der Waals surface area (Å²) in [4.78, 5) is 16.8. The first-order chi connectivity index (χ1) is 13.9. The number of ether oxygens (including phenoxy) is 1. The number of carbonyl (C=O) groups excluding carboxylic acids is 1. The molecule has 0 amide bonds. The minimum atomic E-state index is -3.78. The number of sulfonamides is 1. The maximum absolute atomic E-state index is 12.8. The van der Waals surface area contributed by atoms with Crippen molar-refractivity contribution in [2.75, 3.05) is 11.8 Å². The molecule has 7 nitrogen and oxygen atoms in total. The van der Waals surface area contributed by atoms with Crippen LogP contribution in [-0.4, -0.2) is 31.4 Å². The Bertz CT molecular complexity index is 1080. The second-order valence-corrected chi connectivity index (χ2v) is 7.90. The van der Waals surface area contributed by atoms with Gasteiger partial charge in [0.05, 0.1) is 24.2 Å². The number of aliphatic hydroxyl groups excluding tert-OH is 1. The number of Topliss-reactive ketones (excluding diaryl/α,β-unsaturated/α-hetero) is 1. The van der Waals surface area contributed by atoms with E-state index in [9.17, 15) is 18.3 Å². The Morgan fingerprint density at radius 1 is 1.07 bits per heavy atom. The van der Waals surface area contributed by atoms with Gasteiger partial charge in [-0.15, -0.1) is 0 Å². The Labute approximate surface area is 169 Å². The van der Waals surface area contributed by atoms with Crippen LogP contribution in [0.25, 0.3) is 0 Å². The molecule has 0 unspecified atom stereocenters. The predicted molar refractivity (Wildman–Crippen MR) is 108 cm³/mol. The van der Waals surface area contributed by atoms with Gasteiger partial charge >= 0.3 is 0 Å². The fourth-order valence-corrected chi connectivity index (χ4v) is 3.88. The number of hydrogen-bond acceptors (Lipinski definition) is 6. The smallest absolute Gasteiger partial charge is 0.263 e. The molecule has 0 saturated heterocycles. The van der Waals surface area contributed by atoms with Crippen molar-refractivity contribution in [2.24, 2.45) is 0 Å². The lowest BCUT2D eigenvalue weighted by Crippen LogP contribution is -2.14. The summed E-state index contributed by atoms with van der Waals surface area (Å²) in [5.41, 5.74) is 1.45. The zero-order chi connectivity index (χ0) is 20.9. The van der Waals surface area contributed by atoms with E-state index >= 15 is 0 Å². The van der Waals surface area contributed by atoms with Crippen molar-refractivity contribution in [1.29, 1.82) is 0 Å². The lowest BCUT2D eigenvalue weighted by Gasteiger charge is -2.12. The second kappa shape index (κ2) is 8.85. The first kappa shape index (κ1) is 20.5. The molecule has 0 saturated carbocycles. The van der Waals surface area contributed by atoms with Gasteiger partial charge in [-0.25, -0.2) is 13.4 Å². The Morgan fingerprint density at radius 3 is 2.45 bits per heavy atom. The summed E-state index contributed by atoms with van der Waals surface area (Å²) in [5, 5.41) is 9.51. The highest BCUT2D eigenvalue weighted by Crippen LogP contribution is 2.25. The average Bonchev–Trinajstić information content (AvgIpc) is 2.73. The lowest BCUT2D eigenvalue weighted by molar-refractivity contribution is 0.0987. The van der Waals surface area contributed by atoms with Gasteiger partial charge in [0.1, 0.15) is 11.6 Å². The SMILES string of the molecule is COc1cccc(CO)c1C(=O)Cc1ccc(S(=O)(=O)Nc2ccccn2)cc1. The van der Waals surface area contributed by atoms with Crippen LogP contribution < -0.4 is 9.46 Å². The molecular weight excluding hydrogens is 392 g/mol. The van der Waals surface area contributed by atoms with Crippen molar-refractivity contribution in [3.05, 3.63) is 83.6 Å². The van der Waals surface area contributed by atoms with E-state index in [4.69, 9.17) is 4.74 Å². The number of aliphatic hydroxyl groups is 1. The minimum Gasteiger partial charge on any atom is -0.496 e. The number of nitrogens with zero attached hydrogens (tertiary/aromatic N) is 1. The zero-order valence-corrected chi connectivity index (χ0v) is 16.5. The number of methoxy groups -OCH3 is 1. The van der Waals surface area contributed by atoms with Crippen molar-refractivity contribution in [3.8, 4) is 5.75 Å². The van der Waals surface area contributed by atoms with Gasteiger partial charge in [-0.05, 0) is 41.5 Å². The molecule has 29 heavy (non-hydrogen) atoms. The molecule has 3 rings (SSSR count). The number of anilines is 1. The molecule has 0 bridgehead atoms. The molecule has 0 aliphatic rings. The van der Waals surface area contributed by atoms with Crippen LogP contribution >= 0.6 is 0 Å². The molecule has 0 aliphatic heterocycles. The highest BCUT2D eigenvalue weighted by Gasteiger charge is 2.18. The first-order valence-electron chi connectivity index (χ1n) is 8.77.